The van der Waals surface area contributed by atoms with E-state index in [-0.39, 0.29) is 23.8 Å². The van der Waals surface area contributed by atoms with Gasteiger partial charge in [-0.25, -0.2) is 0 Å². The lowest BCUT2D eigenvalue weighted by Crippen LogP contribution is -2.54. The van der Waals surface area contributed by atoms with E-state index in [9.17, 15) is 9.59 Å². The number of morpholine rings is 1. The molecule has 0 spiro atoms. The lowest BCUT2D eigenvalue weighted by molar-refractivity contribution is -0.136. The van der Waals surface area contributed by atoms with Crippen molar-refractivity contribution >= 4 is 11.8 Å². The molecule has 1 aromatic rings. The number of methoxy groups -OCH3 is 2. The first kappa shape index (κ1) is 22.9. The maximum atomic E-state index is 13.3. The van der Waals surface area contributed by atoms with Crippen molar-refractivity contribution in [2.45, 2.75) is 31.7 Å². The van der Waals surface area contributed by atoms with E-state index >= 15 is 0 Å². The Balaban J connectivity index is 1.45. The van der Waals surface area contributed by atoms with Gasteiger partial charge in [0.15, 0.2) is 0 Å². The molecule has 2 amide bonds. The molecule has 1 unspecified atom stereocenters. The molecule has 0 aromatic heterocycles. The smallest absolute Gasteiger partial charge is 0.254 e. The molecule has 0 N–H and O–H groups in total. The van der Waals surface area contributed by atoms with Crippen LogP contribution in [0.3, 0.4) is 0 Å². The van der Waals surface area contributed by atoms with Crippen molar-refractivity contribution in [3.05, 3.63) is 23.8 Å². The van der Waals surface area contributed by atoms with E-state index < -0.39 is 0 Å². The minimum Gasteiger partial charge on any atom is -0.497 e. The van der Waals surface area contributed by atoms with Crippen molar-refractivity contribution in [1.29, 1.82) is 0 Å². The molecular weight excluding hydrogens is 410 g/mol. The number of ether oxygens (including phenoxy) is 3. The molecule has 1 aromatic carbocycles. The average molecular weight is 446 g/mol. The molecule has 0 radical (unpaired) electrons. The van der Waals surface area contributed by atoms with E-state index in [2.05, 4.69) is 9.80 Å². The Morgan fingerprint density at radius 1 is 1.03 bits per heavy atom. The topological polar surface area (TPSA) is 71.6 Å². The molecule has 2 saturated heterocycles. The molecule has 8 nitrogen and oxygen atoms in total. The monoisotopic (exact) mass is 445 g/mol. The number of piperidine rings is 1. The first-order chi connectivity index (χ1) is 15.6. The van der Waals surface area contributed by atoms with E-state index in [4.69, 9.17) is 14.2 Å². The van der Waals surface area contributed by atoms with Crippen molar-refractivity contribution in [3.63, 3.8) is 0 Å². The fourth-order valence-electron chi connectivity index (χ4n) is 4.62. The quantitative estimate of drug-likeness (QED) is 0.609. The summed E-state index contributed by atoms with van der Waals surface area (Å²) in [6.07, 6.45) is 3.81. The Bertz CT molecular complexity index is 785. The second-order valence-electron chi connectivity index (χ2n) is 8.91. The van der Waals surface area contributed by atoms with Gasteiger partial charge in [0.1, 0.15) is 11.5 Å². The Kier molecular flexibility index (Phi) is 7.52. The highest BCUT2D eigenvalue weighted by molar-refractivity contribution is 5.95. The van der Waals surface area contributed by atoms with Crippen LogP contribution in [0.25, 0.3) is 0 Å². The Morgan fingerprint density at radius 3 is 2.34 bits per heavy atom. The number of carbonyl (C=O) groups excluding carboxylic acids is 2. The number of hydrogen-bond acceptors (Lipinski definition) is 6. The number of amides is 2. The third kappa shape index (κ3) is 5.53. The highest BCUT2D eigenvalue weighted by atomic mass is 16.5. The van der Waals surface area contributed by atoms with Crippen molar-refractivity contribution in [1.82, 2.24) is 14.7 Å². The van der Waals surface area contributed by atoms with E-state index in [0.717, 1.165) is 65.1 Å². The number of benzene rings is 1. The van der Waals surface area contributed by atoms with E-state index in [0.29, 0.717) is 30.2 Å². The van der Waals surface area contributed by atoms with Crippen molar-refractivity contribution in [3.8, 4) is 11.5 Å². The maximum Gasteiger partial charge on any atom is 0.254 e. The number of rotatable bonds is 8. The van der Waals surface area contributed by atoms with Gasteiger partial charge in [0, 0.05) is 62.9 Å². The summed E-state index contributed by atoms with van der Waals surface area (Å²) in [6.45, 7) is 6.19. The second kappa shape index (κ2) is 10.5. The largest absolute Gasteiger partial charge is 0.497 e. The van der Waals surface area contributed by atoms with Gasteiger partial charge in [0.05, 0.1) is 27.4 Å². The first-order valence-corrected chi connectivity index (χ1v) is 11.7. The summed E-state index contributed by atoms with van der Waals surface area (Å²) < 4.78 is 16.1. The number of hydrogen-bond donors (Lipinski definition) is 0. The second-order valence-corrected chi connectivity index (χ2v) is 8.91. The molecule has 1 aliphatic carbocycles. The summed E-state index contributed by atoms with van der Waals surface area (Å²) in [5.74, 6) is 1.59. The minimum absolute atomic E-state index is 0.0427. The zero-order valence-corrected chi connectivity index (χ0v) is 19.3. The molecule has 4 rings (SSSR count). The molecule has 2 aliphatic heterocycles. The summed E-state index contributed by atoms with van der Waals surface area (Å²) >= 11 is 0. The summed E-state index contributed by atoms with van der Waals surface area (Å²) in [6, 6.07) is 5.33. The maximum absolute atomic E-state index is 13.3. The summed E-state index contributed by atoms with van der Waals surface area (Å²) in [5.41, 5.74) is 0.551. The van der Waals surface area contributed by atoms with E-state index in [1.165, 1.54) is 0 Å². The van der Waals surface area contributed by atoms with Gasteiger partial charge in [-0.2, -0.15) is 0 Å². The zero-order valence-electron chi connectivity index (χ0n) is 19.3. The van der Waals surface area contributed by atoms with Crippen LogP contribution in [-0.4, -0.2) is 99.3 Å². The third-order valence-electron chi connectivity index (χ3n) is 6.69. The Hall–Kier alpha value is -2.32. The standard InChI is InChI=1S/C24H35N3O5/c1-30-21-14-19(15-22(16-21)31-2)23(28)26-7-3-4-20(17-26)27(24(29)18-5-6-18)9-8-25-10-12-32-13-11-25/h14-16,18,20H,3-13,17H2,1-2H3. The highest BCUT2D eigenvalue weighted by Crippen LogP contribution is 2.33. The Morgan fingerprint density at radius 2 is 1.72 bits per heavy atom. The fourth-order valence-corrected chi connectivity index (χ4v) is 4.62. The van der Waals surface area contributed by atoms with Crippen LogP contribution in [0.15, 0.2) is 18.2 Å². The number of nitrogens with zero attached hydrogens (tertiary/aromatic N) is 3. The third-order valence-corrected chi connectivity index (χ3v) is 6.69. The zero-order chi connectivity index (χ0) is 22.5. The van der Waals surface area contributed by atoms with Gasteiger partial charge in [-0.1, -0.05) is 0 Å². The minimum atomic E-state index is -0.0427. The van der Waals surface area contributed by atoms with Crippen LogP contribution in [0.2, 0.25) is 0 Å². The van der Waals surface area contributed by atoms with Gasteiger partial charge in [0.25, 0.3) is 5.91 Å². The van der Waals surface area contributed by atoms with Gasteiger partial charge in [-0.05, 0) is 37.8 Å². The van der Waals surface area contributed by atoms with Gasteiger partial charge in [0.2, 0.25) is 5.91 Å². The molecule has 3 aliphatic rings. The van der Waals surface area contributed by atoms with Crippen molar-refractivity contribution in [2.75, 3.05) is 66.7 Å². The van der Waals surface area contributed by atoms with E-state index in [1.807, 2.05) is 4.90 Å². The molecular formula is C24H35N3O5. The highest BCUT2D eigenvalue weighted by Gasteiger charge is 2.38. The van der Waals surface area contributed by atoms with Crippen LogP contribution in [0.1, 0.15) is 36.0 Å². The van der Waals surface area contributed by atoms with Crippen LogP contribution in [0.5, 0.6) is 11.5 Å². The molecule has 1 saturated carbocycles. The normalized spacial score (nSPS) is 21.8. The van der Waals surface area contributed by atoms with Crippen LogP contribution < -0.4 is 9.47 Å². The van der Waals surface area contributed by atoms with Crippen molar-refractivity contribution < 1.29 is 23.8 Å². The molecule has 2 heterocycles. The van der Waals surface area contributed by atoms with Gasteiger partial charge >= 0.3 is 0 Å². The van der Waals surface area contributed by atoms with Gasteiger partial charge in [-0.3, -0.25) is 14.5 Å². The van der Waals surface area contributed by atoms with Crippen LogP contribution >= 0.6 is 0 Å². The molecule has 176 valence electrons. The number of carbonyl (C=O) groups is 2. The average Bonchev–Trinajstić information content (AvgIpc) is 3.69. The lowest BCUT2D eigenvalue weighted by Gasteiger charge is -2.40. The van der Waals surface area contributed by atoms with Gasteiger partial charge in [-0.15, -0.1) is 0 Å². The Labute approximate surface area is 190 Å². The fraction of sp³-hybridized carbons (Fsp3) is 0.667. The molecule has 3 fully saturated rings. The SMILES string of the molecule is COc1cc(OC)cc(C(=O)N2CCCC(N(CCN3CCOCC3)C(=O)C3CC3)C2)c1. The van der Waals surface area contributed by atoms with E-state index in [1.54, 1.807) is 32.4 Å². The first-order valence-electron chi connectivity index (χ1n) is 11.7. The summed E-state index contributed by atoms with van der Waals surface area (Å²) in [7, 11) is 3.16. The van der Waals surface area contributed by atoms with Crippen LogP contribution in [0.4, 0.5) is 0 Å². The molecule has 8 heteroatoms. The summed E-state index contributed by atoms with van der Waals surface area (Å²) in [4.78, 5) is 32.8. The predicted octanol–water partition coefficient (Wildman–Crippen LogP) is 1.88. The lowest BCUT2D eigenvalue weighted by atomic mass is 10.0. The summed E-state index contributed by atoms with van der Waals surface area (Å²) in [5, 5.41) is 0. The molecule has 1 atom stereocenters. The predicted molar refractivity (Wildman–Crippen MR) is 120 cm³/mol. The van der Waals surface area contributed by atoms with Crippen LogP contribution in [-0.2, 0) is 9.53 Å². The molecule has 0 bridgehead atoms. The van der Waals surface area contributed by atoms with Crippen LogP contribution in [0, 0.1) is 5.92 Å². The van der Waals surface area contributed by atoms with Gasteiger partial charge < -0.3 is 24.0 Å². The molecule has 32 heavy (non-hydrogen) atoms. The van der Waals surface area contributed by atoms with Crippen molar-refractivity contribution in [2.24, 2.45) is 5.92 Å². The number of likely N-dealkylation sites (tertiary alicyclic amines) is 1.